The molecule has 0 unspecified atom stereocenters. The molecule has 2 aliphatic carbocycles. The lowest BCUT2D eigenvalue weighted by Crippen LogP contribution is -2.48. The molecule has 6 nitrogen and oxygen atoms in total. The first-order valence-corrected chi connectivity index (χ1v) is 14.8. The van der Waals surface area contributed by atoms with Gasteiger partial charge in [0.2, 0.25) is 15.9 Å². The number of amides is 1. The lowest BCUT2D eigenvalue weighted by atomic mass is 9.91. The number of nitrogens with one attached hydrogen (secondary N) is 1. The number of furan rings is 1. The number of hydrogen-bond acceptors (Lipinski definition) is 4. The molecule has 0 atom stereocenters. The Bertz CT molecular complexity index is 1280. The van der Waals surface area contributed by atoms with Crippen LogP contribution in [-0.2, 0) is 21.2 Å². The summed E-state index contributed by atoms with van der Waals surface area (Å²) in [6.07, 6.45) is 12.4. The van der Waals surface area contributed by atoms with E-state index in [4.69, 9.17) is 4.42 Å². The van der Waals surface area contributed by atoms with Gasteiger partial charge in [0.15, 0.2) is 0 Å². The molecule has 1 aromatic heterocycles. The van der Waals surface area contributed by atoms with E-state index in [2.05, 4.69) is 5.32 Å². The van der Waals surface area contributed by atoms with Gasteiger partial charge in [-0.25, -0.2) is 8.42 Å². The molecule has 36 heavy (non-hydrogen) atoms. The van der Waals surface area contributed by atoms with E-state index < -0.39 is 10.0 Å². The maximum Gasteiger partial charge on any atom is 0.243 e. The van der Waals surface area contributed by atoms with Crippen molar-refractivity contribution in [2.24, 2.45) is 0 Å². The Kier molecular flexibility index (Phi) is 7.49. The van der Waals surface area contributed by atoms with Gasteiger partial charge in [-0.1, -0.05) is 50.7 Å². The molecule has 2 aromatic carbocycles. The largest absolute Gasteiger partial charge is 0.464 e. The van der Waals surface area contributed by atoms with E-state index in [1.165, 1.54) is 12.8 Å². The van der Waals surface area contributed by atoms with E-state index in [1.807, 2.05) is 29.4 Å². The molecule has 0 spiro atoms. The van der Waals surface area contributed by atoms with Crippen LogP contribution in [0, 0.1) is 6.92 Å². The minimum atomic E-state index is -3.61. The van der Waals surface area contributed by atoms with Crippen LogP contribution in [0.1, 0.15) is 75.3 Å². The quantitative estimate of drug-likeness (QED) is 0.391. The number of sulfonamides is 1. The summed E-state index contributed by atoms with van der Waals surface area (Å²) in [5.74, 6) is -0.167. The zero-order valence-corrected chi connectivity index (χ0v) is 21.9. The zero-order valence-electron chi connectivity index (χ0n) is 21.0. The van der Waals surface area contributed by atoms with Crippen LogP contribution in [0.5, 0.6) is 0 Å². The Morgan fingerprint density at radius 3 is 2.14 bits per heavy atom. The maximum absolute atomic E-state index is 13.9. The Labute approximate surface area is 214 Å². The summed E-state index contributed by atoms with van der Waals surface area (Å²) in [4.78, 5) is 13.0. The molecule has 2 saturated carbocycles. The highest BCUT2D eigenvalue weighted by Gasteiger charge is 2.38. The van der Waals surface area contributed by atoms with Gasteiger partial charge in [-0.2, -0.15) is 4.31 Å². The smallest absolute Gasteiger partial charge is 0.243 e. The minimum absolute atomic E-state index is 0.0970. The van der Waals surface area contributed by atoms with Gasteiger partial charge >= 0.3 is 0 Å². The van der Waals surface area contributed by atoms with Gasteiger partial charge in [-0.3, -0.25) is 4.79 Å². The Morgan fingerprint density at radius 2 is 1.53 bits per heavy atom. The van der Waals surface area contributed by atoms with Crippen LogP contribution in [-0.4, -0.2) is 30.7 Å². The minimum Gasteiger partial charge on any atom is -0.464 e. The van der Waals surface area contributed by atoms with Gasteiger partial charge < -0.3 is 9.73 Å². The molecule has 5 rings (SSSR count). The molecular formula is C29H36N2O4S. The van der Waals surface area contributed by atoms with Crippen molar-refractivity contribution < 1.29 is 17.6 Å². The number of carbonyl (C=O) groups is 1. The van der Waals surface area contributed by atoms with Crippen molar-refractivity contribution in [2.45, 2.75) is 94.5 Å². The van der Waals surface area contributed by atoms with Gasteiger partial charge in [0, 0.05) is 28.7 Å². The third-order valence-corrected chi connectivity index (χ3v) is 9.76. The second-order valence-electron chi connectivity index (χ2n) is 10.4. The molecule has 1 N–H and O–H groups in total. The summed E-state index contributed by atoms with van der Waals surface area (Å²) < 4.78 is 35.2. The number of anilines is 1. The second-order valence-corrected chi connectivity index (χ2v) is 12.3. The Hall–Kier alpha value is -2.64. The van der Waals surface area contributed by atoms with Crippen molar-refractivity contribution in [1.82, 2.24) is 4.31 Å². The predicted molar refractivity (Wildman–Crippen MR) is 142 cm³/mol. The van der Waals surface area contributed by atoms with Gasteiger partial charge in [0.1, 0.15) is 5.58 Å². The standard InChI is InChI=1S/C29H36N2O4S/c1-21-12-17-27-22(20-35-28(27)18-21)19-29(32)30-23-13-15-26(16-14-23)36(33,34)31(24-8-4-2-5-9-24)25-10-6-3-7-11-25/h12-18,20,24-25H,2-11,19H2,1H3,(H,30,32). The summed E-state index contributed by atoms with van der Waals surface area (Å²) >= 11 is 0. The number of rotatable bonds is 7. The fourth-order valence-corrected chi connectivity index (χ4v) is 7.83. The number of benzene rings is 2. The average Bonchev–Trinajstić information content (AvgIpc) is 3.27. The highest BCUT2D eigenvalue weighted by atomic mass is 32.2. The summed E-state index contributed by atoms with van der Waals surface area (Å²) in [7, 11) is -3.61. The first kappa shape index (κ1) is 25.0. The van der Waals surface area contributed by atoms with Crippen LogP contribution < -0.4 is 5.32 Å². The van der Waals surface area contributed by atoms with Crippen LogP contribution >= 0.6 is 0 Å². The predicted octanol–water partition coefficient (Wildman–Crippen LogP) is 6.58. The number of carbonyl (C=O) groups excluding carboxylic acids is 1. The van der Waals surface area contributed by atoms with E-state index >= 15 is 0 Å². The average molecular weight is 509 g/mol. The van der Waals surface area contributed by atoms with Crippen molar-refractivity contribution in [3.05, 3.63) is 59.9 Å². The summed E-state index contributed by atoms with van der Waals surface area (Å²) in [5.41, 5.74) is 3.29. The van der Waals surface area contributed by atoms with Crippen LogP contribution in [0.4, 0.5) is 5.69 Å². The van der Waals surface area contributed by atoms with Crippen LogP contribution in [0.3, 0.4) is 0 Å². The van der Waals surface area contributed by atoms with Crippen molar-refractivity contribution >= 4 is 32.6 Å². The fraction of sp³-hybridized carbons (Fsp3) is 0.483. The van der Waals surface area contributed by atoms with E-state index in [0.29, 0.717) is 10.6 Å². The molecule has 0 radical (unpaired) electrons. The molecule has 1 heterocycles. The van der Waals surface area contributed by atoms with E-state index in [0.717, 1.165) is 73.5 Å². The SMILES string of the molecule is Cc1ccc2c(CC(=O)Nc3ccc(S(=O)(=O)N(C4CCCCC4)C4CCCCC4)cc3)coc2c1. The van der Waals surface area contributed by atoms with Crippen molar-refractivity contribution in [3.63, 3.8) is 0 Å². The van der Waals surface area contributed by atoms with Gasteiger partial charge in [-0.15, -0.1) is 0 Å². The van der Waals surface area contributed by atoms with E-state index in [1.54, 1.807) is 30.5 Å². The summed E-state index contributed by atoms with van der Waals surface area (Å²) in [6.45, 7) is 2.00. The monoisotopic (exact) mass is 508 g/mol. The summed E-state index contributed by atoms with van der Waals surface area (Å²) in [5, 5.41) is 3.83. The molecule has 2 fully saturated rings. The van der Waals surface area contributed by atoms with E-state index in [-0.39, 0.29) is 24.4 Å². The van der Waals surface area contributed by atoms with Crippen LogP contribution in [0.15, 0.2) is 58.0 Å². The van der Waals surface area contributed by atoms with Crippen LogP contribution in [0.2, 0.25) is 0 Å². The van der Waals surface area contributed by atoms with Crippen molar-refractivity contribution in [3.8, 4) is 0 Å². The second kappa shape index (κ2) is 10.8. The van der Waals surface area contributed by atoms with Crippen molar-refractivity contribution in [1.29, 1.82) is 0 Å². The van der Waals surface area contributed by atoms with Gasteiger partial charge in [-0.05, 0) is 68.5 Å². The molecule has 7 heteroatoms. The zero-order chi connectivity index (χ0) is 25.1. The lowest BCUT2D eigenvalue weighted by molar-refractivity contribution is -0.115. The maximum atomic E-state index is 13.9. The molecule has 1 amide bonds. The Morgan fingerprint density at radius 1 is 0.917 bits per heavy atom. The molecule has 0 bridgehead atoms. The highest BCUT2D eigenvalue weighted by molar-refractivity contribution is 7.89. The number of fused-ring (bicyclic) bond motifs is 1. The first-order chi connectivity index (χ1) is 17.4. The highest BCUT2D eigenvalue weighted by Crippen LogP contribution is 2.35. The van der Waals surface area contributed by atoms with E-state index in [9.17, 15) is 13.2 Å². The molecule has 0 aliphatic heterocycles. The molecule has 2 aliphatic rings. The lowest BCUT2D eigenvalue weighted by Gasteiger charge is -2.40. The molecular weight excluding hydrogens is 472 g/mol. The molecule has 3 aromatic rings. The van der Waals surface area contributed by atoms with Gasteiger partial charge in [0.25, 0.3) is 0 Å². The molecule has 192 valence electrons. The molecule has 0 saturated heterocycles. The van der Waals surface area contributed by atoms with Gasteiger partial charge in [0.05, 0.1) is 17.6 Å². The summed E-state index contributed by atoms with van der Waals surface area (Å²) in [6, 6.07) is 12.8. The third-order valence-electron chi connectivity index (χ3n) is 7.74. The third kappa shape index (κ3) is 5.37. The Balaban J connectivity index is 1.30. The van der Waals surface area contributed by atoms with Crippen molar-refractivity contribution in [2.75, 3.05) is 5.32 Å². The normalized spacial score (nSPS) is 18.1. The number of hydrogen-bond donors (Lipinski definition) is 1. The topological polar surface area (TPSA) is 79.6 Å². The first-order valence-electron chi connectivity index (χ1n) is 13.3. The number of aryl methyl sites for hydroxylation is 1. The number of nitrogens with zero attached hydrogens (tertiary/aromatic N) is 1. The fourth-order valence-electron chi connectivity index (χ4n) is 5.90. The van der Waals surface area contributed by atoms with Crippen LogP contribution in [0.25, 0.3) is 11.0 Å².